The van der Waals surface area contributed by atoms with Gasteiger partial charge in [-0.2, -0.15) is 5.10 Å². The van der Waals surface area contributed by atoms with Crippen molar-refractivity contribution in [1.29, 1.82) is 0 Å². The van der Waals surface area contributed by atoms with Crippen molar-refractivity contribution < 1.29 is 0 Å². The predicted molar refractivity (Wildman–Crippen MR) is 74.8 cm³/mol. The summed E-state index contributed by atoms with van der Waals surface area (Å²) in [7, 11) is 0. The number of nitrogens with zero attached hydrogens (tertiary/aromatic N) is 5. The van der Waals surface area contributed by atoms with Gasteiger partial charge in [0.05, 0.1) is 23.1 Å². The van der Waals surface area contributed by atoms with Crippen LogP contribution in [0, 0.1) is 0 Å². The van der Waals surface area contributed by atoms with Crippen LogP contribution in [0.3, 0.4) is 0 Å². The Morgan fingerprint density at radius 3 is 2.75 bits per heavy atom. The third-order valence-corrected chi connectivity index (χ3v) is 3.57. The van der Waals surface area contributed by atoms with Crippen LogP contribution in [-0.4, -0.2) is 24.7 Å². The number of aryl methyl sites for hydroxylation is 1. The maximum atomic E-state index is 4.72. The predicted octanol–water partition coefficient (Wildman–Crippen LogP) is 2.35. The molecule has 1 aliphatic heterocycles. The van der Waals surface area contributed by atoms with Crippen molar-refractivity contribution in [2.45, 2.75) is 19.4 Å². The fourth-order valence-electron chi connectivity index (χ4n) is 2.71. The summed E-state index contributed by atoms with van der Waals surface area (Å²) in [5.41, 5.74) is 4.98. The third kappa shape index (κ3) is 1.71. The summed E-state index contributed by atoms with van der Waals surface area (Å²) in [5, 5.41) is 4.72. The molecule has 0 unspecified atom stereocenters. The molecule has 0 saturated heterocycles. The summed E-state index contributed by atoms with van der Waals surface area (Å²) in [4.78, 5) is 13.0. The summed E-state index contributed by atoms with van der Waals surface area (Å²) < 4.78 is 2.08. The monoisotopic (exact) mass is 263 g/mol. The summed E-state index contributed by atoms with van der Waals surface area (Å²) in [6.45, 7) is 0.968. The first kappa shape index (κ1) is 11.3. The molecule has 0 N–H and O–H groups in total. The van der Waals surface area contributed by atoms with Gasteiger partial charge in [0, 0.05) is 30.8 Å². The van der Waals surface area contributed by atoms with Gasteiger partial charge >= 0.3 is 0 Å². The number of fused-ring (bicyclic) bond motifs is 1. The molecule has 0 aromatic carbocycles. The van der Waals surface area contributed by atoms with Gasteiger partial charge in [0.25, 0.3) is 0 Å². The topological polar surface area (TPSA) is 56.5 Å². The molecule has 4 heterocycles. The Balaban J connectivity index is 1.97. The number of aromatic nitrogens is 5. The van der Waals surface area contributed by atoms with E-state index in [4.69, 9.17) is 5.10 Å². The normalized spacial score (nSPS) is 13.4. The largest absolute Gasteiger partial charge is 0.268 e. The lowest BCUT2D eigenvalue weighted by atomic mass is 10.1. The average Bonchev–Trinajstić information content (AvgIpc) is 3.09. The smallest absolute Gasteiger partial charge is 0.120 e. The first-order valence-electron chi connectivity index (χ1n) is 6.71. The lowest BCUT2D eigenvalue weighted by molar-refractivity contribution is 0.658. The van der Waals surface area contributed by atoms with Gasteiger partial charge in [-0.15, -0.1) is 0 Å². The molecule has 98 valence electrons. The molecule has 3 aromatic rings. The van der Waals surface area contributed by atoms with E-state index in [1.807, 2.05) is 18.2 Å². The molecule has 5 nitrogen and oxygen atoms in total. The summed E-state index contributed by atoms with van der Waals surface area (Å²) in [5.74, 6) is 0. The second kappa shape index (κ2) is 4.52. The molecule has 0 atom stereocenters. The minimum atomic E-state index is 0.872. The van der Waals surface area contributed by atoms with E-state index < -0.39 is 0 Å². The second-order valence-corrected chi connectivity index (χ2v) is 4.80. The van der Waals surface area contributed by atoms with E-state index in [0.717, 1.165) is 42.0 Å². The lowest BCUT2D eigenvalue weighted by Gasteiger charge is -2.03. The van der Waals surface area contributed by atoms with Crippen LogP contribution in [-0.2, 0) is 13.0 Å². The molecule has 1 aliphatic rings. The minimum absolute atomic E-state index is 0.872. The van der Waals surface area contributed by atoms with E-state index in [2.05, 4.69) is 19.6 Å². The minimum Gasteiger partial charge on any atom is -0.268 e. The van der Waals surface area contributed by atoms with Gasteiger partial charge in [-0.05, 0) is 25.0 Å². The molecule has 0 bridgehead atoms. The number of pyridine rings is 1. The SMILES string of the molecule is c1ccc(-c2nn3c(c2-c2cnccn2)CCC3)nc1. The van der Waals surface area contributed by atoms with Crippen LogP contribution < -0.4 is 0 Å². The highest BCUT2D eigenvalue weighted by atomic mass is 15.3. The first-order chi connectivity index (χ1) is 9.93. The molecule has 3 aromatic heterocycles. The molecule has 0 radical (unpaired) electrons. The van der Waals surface area contributed by atoms with Crippen LogP contribution >= 0.6 is 0 Å². The Labute approximate surface area is 116 Å². The van der Waals surface area contributed by atoms with Gasteiger partial charge < -0.3 is 0 Å². The Morgan fingerprint density at radius 1 is 1.00 bits per heavy atom. The third-order valence-electron chi connectivity index (χ3n) is 3.57. The highest BCUT2D eigenvalue weighted by Gasteiger charge is 2.24. The maximum absolute atomic E-state index is 4.72. The van der Waals surface area contributed by atoms with Crippen molar-refractivity contribution in [2.24, 2.45) is 0 Å². The summed E-state index contributed by atoms with van der Waals surface area (Å²) in [6.07, 6.45) is 9.16. The Hall–Kier alpha value is -2.56. The van der Waals surface area contributed by atoms with E-state index in [1.165, 1.54) is 5.69 Å². The molecule has 20 heavy (non-hydrogen) atoms. The summed E-state index contributed by atoms with van der Waals surface area (Å²) in [6, 6.07) is 5.88. The average molecular weight is 263 g/mol. The van der Waals surface area contributed by atoms with Gasteiger partial charge in [0.2, 0.25) is 0 Å². The molecular formula is C15H13N5. The molecule has 0 saturated carbocycles. The standard InChI is InChI=1S/C15H13N5/c1-2-6-17-11(4-1)15-14(12-10-16-7-8-18-12)13-5-3-9-20(13)19-15/h1-2,4,6-8,10H,3,5,9H2. The highest BCUT2D eigenvalue weighted by molar-refractivity contribution is 5.79. The number of hydrogen-bond acceptors (Lipinski definition) is 4. The second-order valence-electron chi connectivity index (χ2n) is 4.80. The van der Waals surface area contributed by atoms with E-state index >= 15 is 0 Å². The Morgan fingerprint density at radius 2 is 1.95 bits per heavy atom. The Bertz CT molecular complexity index is 734. The van der Waals surface area contributed by atoms with Crippen LogP contribution in [0.2, 0.25) is 0 Å². The van der Waals surface area contributed by atoms with Gasteiger partial charge in [0.1, 0.15) is 5.69 Å². The van der Waals surface area contributed by atoms with Crippen molar-refractivity contribution in [1.82, 2.24) is 24.7 Å². The fraction of sp³-hybridized carbons (Fsp3) is 0.200. The van der Waals surface area contributed by atoms with Crippen LogP contribution in [0.15, 0.2) is 43.0 Å². The zero-order chi connectivity index (χ0) is 13.4. The van der Waals surface area contributed by atoms with Crippen molar-refractivity contribution >= 4 is 0 Å². The van der Waals surface area contributed by atoms with Crippen LogP contribution in [0.5, 0.6) is 0 Å². The number of rotatable bonds is 2. The van der Waals surface area contributed by atoms with Gasteiger partial charge in [-0.1, -0.05) is 6.07 Å². The van der Waals surface area contributed by atoms with Crippen molar-refractivity contribution in [3.63, 3.8) is 0 Å². The van der Waals surface area contributed by atoms with Crippen molar-refractivity contribution in [3.05, 3.63) is 48.7 Å². The molecule has 4 rings (SSSR count). The van der Waals surface area contributed by atoms with E-state index in [9.17, 15) is 0 Å². The molecular weight excluding hydrogens is 250 g/mol. The van der Waals surface area contributed by atoms with E-state index in [0.29, 0.717) is 0 Å². The van der Waals surface area contributed by atoms with E-state index in [-0.39, 0.29) is 0 Å². The quantitative estimate of drug-likeness (QED) is 0.712. The molecule has 0 fully saturated rings. The molecule has 0 spiro atoms. The summed E-state index contributed by atoms with van der Waals surface area (Å²) >= 11 is 0. The van der Waals surface area contributed by atoms with Gasteiger partial charge in [0.15, 0.2) is 0 Å². The Kier molecular flexibility index (Phi) is 2.55. The first-order valence-corrected chi connectivity index (χ1v) is 6.71. The van der Waals surface area contributed by atoms with Crippen LogP contribution in [0.1, 0.15) is 12.1 Å². The highest BCUT2D eigenvalue weighted by Crippen LogP contribution is 2.35. The van der Waals surface area contributed by atoms with Crippen LogP contribution in [0.25, 0.3) is 22.6 Å². The fourth-order valence-corrected chi connectivity index (χ4v) is 2.71. The maximum Gasteiger partial charge on any atom is 0.120 e. The van der Waals surface area contributed by atoms with E-state index in [1.54, 1.807) is 24.8 Å². The van der Waals surface area contributed by atoms with Gasteiger partial charge in [-0.3, -0.25) is 19.6 Å². The molecule has 0 amide bonds. The molecule has 5 heteroatoms. The zero-order valence-electron chi connectivity index (χ0n) is 10.9. The number of hydrogen-bond donors (Lipinski definition) is 0. The van der Waals surface area contributed by atoms with Crippen molar-refractivity contribution in [2.75, 3.05) is 0 Å². The lowest BCUT2D eigenvalue weighted by Crippen LogP contribution is -1.94. The zero-order valence-corrected chi connectivity index (χ0v) is 10.9. The van der Waals surface area contributed by atoms with Gasteiger partial charge in [-0.25, -0.2) is 0 Å². The molecule has 0 aliphatic carbocycles. The van der Waals surface area contributed by atoms with Crippen molar-refractivity contribution in [3.8, 4) is 22.6 Å². The van der Waals surface area contributed by atoms with Crippen LogP contribution in [0.4, 0.5) is 0 Å².